The number of nitrogens with zero attached hydrogens (tertiary/aromatic N) is 4. The van der Waals surface area contributed by atoms with Crippen LogP contribution in [0, 0.1) is 6.92 Å². The van der Waals surface area contributed by atoms with Gasteiger partial charge in [0.25, 0.3) is 5.91 Å². The molecule has 0 saturated heterocycles. The third kappa shape index (κ3) is 2.25. The maximum Gasteiger partial charge on any atom is 0.250 e. The molecule has 6 nitrogen and oxygen atoms in total. The van der Waals surface area contributed by atoms with Crippen molar-refractivity contribution in [2.75, 3.05) is 5.32 Å². The van der Waals surface area contributed by atoms with Gasteiger partial charge in [-0.3, -0.25) is 14.8 Å². The standard InChI is InChI=1S/C9H11N5OS/c1-6(14-5-3-4-10-14)8(15)11-9-13-12-7(2)16-9/h3-6H,1-2H3,(H,11,13,15). The Bertz CT molecular complexity index is 478. The fourth-order valence-corrected chi connectivity index (χ4v) is 1.78. The second-order valence-electron chi connectivity index (χ2n) is 3.28. The van der Waals surface area contributed by atoms with E-state index in [4.69, 9.17) is 0 Å². The van der Waals surface area contributed by atoms with Crippen molar-refractivity contribution in [2.45, 2.75) is 19.9 Å². The first kappa shape index (κ1) is 10.7. The lowest BCUT2D eigenvalue weighted by Crippen LogP contribution is -2.23. The van der Waals surface area contributed by atoms with Crippen LogP contribution in [0.2, 0.25) is 0 Å². The molecule has 7 heteroatoms. The second-order valence-corrected chi connectivity index (χ2v) is 4.46. The predicted octanol–water partition coefficient (Wildman–Crippen LogP) is 1.24. The van der Waals surface area contributed by atoms with Crippen LogP contribution in [0.1, 0.15) is 18.0 Å². The third-order valence-corrected chi connectivity index (χ3v) is 2.81. The van der Waals surface area contributed by atoms with Crippen LogP contribution in [0.5, 0.6) is 0 Å². The first-order valence-electron chi connectivity index (χ1n) is 4.77. The first-order valence-corrected chi connectivity index (χ1v) is 5.58. The van der Waals surface area contributed by atoms with E-state index in [1.165, 1.54) is 11.3 Å². The van der Waals surface area contributed by atoms with E-state index in [-0.39, 0.29) is 11.9 Å². The van der Waals surface area contributed by atoms with Crippen molar-refractivity contribution >= 4 is 22.4 Å². The van der Waals surface area contributed by atoms with E-state index in [0.29, 0.717) is 5.13 Å². The first-order chi connectivity index (χ1) is 7.66. The molecule has 0 aliphatic carbocycles. The maximum absolute atomic E-state index is 11.8. The molecule has 1 atom stereocenters. The normalized spacial score (nSPS) is 12.4. The van der Waals surface area contributed by atoms with Gasteiger partial charge in [0, 0.05) is 12.4 Å². The van der Waals surface area contributed by atoms with E-state index in [9.17, 15) is 4.79 Å². The summed E-state index contributed by atoms with van der Waals surface area (Å²) in [4.78, 5) is 11.8. The number of carbonyl (C=O) groups is 1. The number of hydrogen-bond acceptors (Lipinski definition) is 5. The molecule has 0 spiro atoms. The largest absolute Gasteiger partial charge is 0.299 e. The van der Waals surface area contributed by atoms with E-state index in [1.807, 2.05) is 6.92 Å². The fraction of sp³-hybridized carbons (Fsp3) is 0.333. The molecule has 1 amide bonds. The van der Waals surface area contributed by atoms with Gasteiger partial charge in [0.2, 0.25) is 5.13 Å². The summed E-state index contributed by atoms with van der Waals surface area (Å²) in [5.74, 6) is -0.153. The van der Waals surface area contributed by atoms with Crippen molar-refractivity contribution < 1.29 is 4.79 Å². The number of amides is 1. The average Bonchev–Trinajstić information content (AvgIpc) is 2.88. The quantitative estimate of drug-likeness (QED) is 0.871. The smallest absolute Gasteiger partial charge is 0.250 e. The van der Waals surface area contributed by atoms with Gasteiger partial charge in [0.1, 0.15) is 11.0 Å². The van der Waals surface area contributed by atoms with Gasteiger partial charge in [0.15, 0.2) is 0 Å². The second kappa shape index (κ2) is 4.40. The Kier molecular flexibility index (Phi) is 2.95. The lowest BCUT2D eigenvalue weighted by Gasteiger charge is -2.10. The number of rotatable bonds is 3. The number of hydrogen-bond donors (Lipinski definition) is 1. The molecule has 1 N–H and O–H groups in total. The molecular formula is C9H11N5OS. The summed E-state index contributed by atoms with van der Waals surface area (Å²) in [6.07, 6.45) is 3.38. The maximum atomic E-state index is 11.8. The van der Waals surface area contributed by atoms with Gasteiger partial charge in [-0.25, -0.2) is 0 Å². The summed E-state index contributed by atoms with van der Waals surface area (Å²) in [5.41, 5.74) is 0. The van der Waals surface area contributed by atoms with Gasteiger partial charge in [0.05, 0.1) is 0 Å². The van der Waals surface area contributed by atoms with E-state index in [2.05, 4.69) is 20.6 Å². The predicted molar refractivity (Wildman–Crippen MR) is 60.2 cm³/mol. The zero-order valence-electron chi connectivity index (χ0n) is 8.91. The zero-order valence-corrected chi connectivity index (χ0v) is 9.73. The summed E-state index contributed by atoms with van der Waals surface area (Å²) in [6.45, 7) is 3.61. The summed E-state index contributed by atoms with van der Waals surface area (Å²) in [7, 11) is 0. The Balaban J connectivity index is 2.03. The number of carbonyl (C=O) groups excluding carboxylic acids is 1. The Hall–Kier alpha value is -1.76. The molecule has 0 radical (unpaired) electrons. The minimum absolute atomic E-state index is 0.153. The van der Waals surface area contributed by atoms with Gasteiger partial charge in [-0.05, 0) is 19.9 Å². The third-order valence-electron chi connectivity index (χ3n) is 2.06. The molecule has 0 bridgehead atoms. The van der Waals surface area contributed by atoms with Gasteiger partial charge in [-0.1, -0.05) is 11.3 Å². The molecule has 2 aromatic rings. The molecule has 1 unspecified atom stereocenters. The summed E-state index contributed by atoms with van der Waals surface area (Å²) in [6, 6.07) is 1.41. The Morgan fingerprint density at radius 1 is 1.56 bits per heavy atom. The highest BCUT2D eigenvalue weighted by atomic mass is 32.1. The molecule has 0 saturated carbocycles. The van der Waals surface area contributed by atoms with E-state index in [0.717, 1.165) is 5.01 Å². The molecule has 84 valence electrons. The SMILES string of the molecule is Cc1nnc(NC(=O)C(C)n2cccn2)s1. The number of nitrogens with one attached hydrogen (secondary N) is 1. The highest BCUT2D eigenvalue weighted by molar-refractivity contribution is 7.15. The monoisotopic (exact) mass is 237 g/mol. The van der Waals surface area contributed by atoms with Crippen molar-refractivity contribution in [3.63, 3.8) is 0 Å². The Labute approximate surface area is 96.3 Å². The van der Waals surface area contributed by atoms with Crippen LogP contribution in [0.25, 0.3) is 0 Å². The van der Waals surface area contributed by atoms with Crippen molar-refractivity contribution in [3.05, 3.63) is 23.5 Å². The van der Waals surface area contributed by atoms with E-state index in [1.54, 1.807) is 30.1 Å². The van der Waals surface area contributed by atoms with Crippen LogP contribution in [-0.4, -0.2) is 25.9 Å². The minimum atomic E-state index is -0.362. The highest BCUT2D eigenvalue weighted by Crippen LogP contribution is 2.15. The van der Waals surface area contributed by atoms with Crippen LogP contribution < -0.4 is 5.32 Å². The number of aryl methyl sites for hydroxylation is 1. The summed E-state index contributed by atoms with van der Waals surface area (Å²) >= 11 is 1.35. The number of anilines is 1. The van der Waals surface area contributed by atoms with Gasteiger partial charge in [-0.15, -0.1) is 10.2 Å². The topological polar surface area (TPSA) is 72.7 Å². The molecular weight excluding hydrogens is 226 g/mol. The lowest BCUT2D eigenvalue weighted by atomic mass is 10.3. The van der Waals surface area contributed by atoms with Crippen molar-refractivity contribution in [3.8, 4) is 0 Å². The molecule has 2 rings (SSSR count). The van der Waals surface area contributed by atoms with Crippen LogP contribution in [0.3, 0.4) is 0 Å². The van der Waals surface area contributed by atoms with Crippen molar-refractivity contribution in [1.82, 2.24) is 20.0 Å². The average molecular weight is 237 g/mol. The molecule has 0 fully saturated rings. The van der Waals surface area contributed by atoms with E-state index < -0.39 is 0 Å². The van der Waals surface area contributed by atoms with Crippen molar-refractivity contribution in [2.24, 2.45) is 0 Å². The summed E-state index contributed by atoms with van der Waals surface area (Å²) < 4.78 is 1.59. The fourth-order valence-electron chi connectivity index (χ4n) is 1.19. The molecule has 16 heavy (non-hydrogen) atoms. The van der Waals surface area contributed by atoms with Crippen LogP contribution in [0.4, 0.5) is 5.13 Å². The van der Waals surface area contributed by atoms with Crippen LogP contribution >= 0.6 is 11.3 Å². The highest BCUT2D eigenvalue weighted by Gasteiger charge is 2.16. The van der Waals surface area contributed by atoms with Crippen LogP contribution in [0.15, 0.2) is 18.5 Å². The Morgan fingerprint density at radius 2 is 2.38 bits per heavy atom. The van der Waals surface area contributed by atoms with E-state index >= 15 is 0 Å². The lowest BCUT2D eigenvalue weighted by molar-refractivity contribution is -0.119. The van der Waals surface area contributed by atoms with Gasteiger partial charge >= 0.3 is 0 Å². The minimum Gasteiger partial charge on any atom is -0.299 e. The van der Waals surface area contributed by atoms with Gasteiger partial charge < -0.3 is 0 Å². The van der Waals surface area contributed by atoms with Gasteiger partial charge in [-0.2, -0.15) is 5.10 Å². The molecule has 0 aliphatic rings. The van der Waals surface area contributed by atoms with Crippen molar-refractivity contribution in [1.29, 1.82) is 0 Å². The molecule has 2 aromatic heterocycles. The molecule has 2 heterocycles. The number of aromatic nitrogens is 4. The molecule has 0 aromatic carbocycles. The zero-order chi connectivity index (χ0) is 11.5. The van der Waals surface area contributed by atoms with Crippen LogP contribution in [-0.2, 0) is 4.79 Å². The molecule has 0 aliphatic heterocycles. The Morgan fingerprint density at radius 3 is 2.94 bits per heavy atom. The summed E-state index contributed by atoms with van der Waals surface area (Å²) in [5, 5.41) is 15.7.